The summed E-state index contributed by atoms with van der Waals surface area (Å²) in [6.45, 7) is 2.16. The smallest absolute Gasteiger partial charge is 0.469 e. The average molecular weight is 352 g/mol. The minimum atomic E-state index is -4.44. The van der Waals surface area contributed by atoms with E-state index in [0.717, 1.165) is 38.5 Å². The van der Waals surface area contributed by atoms with Crippen LogP contribution in [0.15, 0.2) is 18.2 Å². The van der Waals surface area contributed by atoms with Crippen molar-refractivity contribution in [3.8, 4) is 5.75 Å². The number of aryl methyl sites for hydroxylation is 1. The van der Waals surface area contributed by atoms with Gasteiger partial charge in [0.1, 0.15) is 5.75 Å². The van der Waals surface area contributed by atoms with Crippen LogP contribution in [0.1, 0.15) is 56.1 Å². The first kappa shape index (κ1) is 16.6. The SMILES string of the molecule is C[C@]12CC[C@H]3c4ccc(O)cc4CC[C@H]3[C@@H]1CC[C@@H]2OP(=O)(O)O. The minimum Gasteiger partial charge on any atom is -0.508 e. The molecule has 3 aliphatic carbocycles. The second-order valence-corrected chi connectivity index (χ2v) is 9.20. The van der Waals surface area contributed by atoms with Crippen molar-refractivity contribution >= 4 is 7.82 Å². The van der Waals surface area contributed by atoms with E-state index < -0.39 is 7.82 Å². The van der Waals surface area contributed by atoms with Gasteiger partial charge >= 0.3 is 7.82 Å². The molecule has 5 atom stereocenters. The van der Waals surface area contributed by atoms with Gasteiger partial charge in [-0.05, 0) is 85.0 Å². The molecule has 2 fully saturated rings. The van der Waals surface area contributed by atoms with Crippen molar-refractivity contribution in [3.05, 3.63) is 29.3 Å². The monoisotopic (exact) mass is 352 g/mol. The molecule has 5 nitrogen and oxygen atoms in total. The lowest BCUT2D eigenvalue weighted by molar-refractivity contribution is -0.0217. The molecule has 0 bridgehead atoms. The van der Waals surface area contributed by atoms with Crippen molar-refractivity contribution < 1.29 is 24.0 Å². The Morgan fingerprint density at radius 3 is 2.75 bits per heavy atom. The first-order valence-corrected chi connectivity index (χ1v) is 10.4. The van der Waals surface area contributed by atoms with Crippen LogP contribution < -0.4 is 0 Å². The summed E-state index contributed by atoms with van der Waals surface area (Å²) in [6.07, 6.45) is 5.39. The summed E-state index contributed by atoms with van der Waals surface area (Å²) in [7, 11) is -4.44. The second kappa shape index (κ2) is 5.57. The fourth-order valence-corrected chi connectivity index (χ4v) is 6.54. The predicted molar refractivity (Wildman–Crippen MR) is 89.6 cm³/mol. The molecule has 6 heteroatoms. The number of rotatable bonds is 2. The Hall–Kier alpha value is -0.870. The third-order valence-corrected chi connectivity index (χ3v) is 7.42. The Balaban J connectivity index is 1.62. The molecule has 0 spiro atoms. The maximum atomic E-state index is 11.3. The summed E-state index contributed by atoms with van der Waals surface area (Å²) in [5, 5.41) is 9.73. The first-order chi connectivity index (χ1) is 11.3. The lowest BCUT2D eigenvalue weighted by Gasteiger charge is -2.50. The summed E-state index contributed by atoms with van der Waals surface area (Å²) in [6, 6.07) is 5.75. The standard InChI is InChI=1S/C18H25O5P/c1-18-9-8-14-13-5-3-12(19)10-11(13)2-4-15(14)16(18)6-7-17(18)23-24(20,21)22/h3,5,10,14-17,19H,2,4,6-9H2,1H3,(H2,20,21,22)/t14-,15+,16-,17-,18-/m0/s1. The largest absolute Gasteiger partial charge is 0.508 e. The zero-order valence-corrected chi connectivity index (χ0v) is 14.8. The van der Waals surface area contributed by atoms with Crippen LogP contribution in [0.3, 0.4) is 0 Å². The van der Waals surface area contributed by atoms with Gasteiger partial charge in [-0.3, -0.25) is 4.52 Å². The van der Waals surface area contributed by atoms with E-state index in [1.165, 1.54) is 11.1 Å². The van der Waals surface area contributed by atoms with Crippen LogP contribution in [0.5, 0.6) is 5.75 Å². The predicted octanol–water partition coefficient (Wildman–Crippen LogP) is 3.73. The van der Waals surface area contributed by atoms with E-state index >= 15 is 0 Å². The van der Waals surface area contributed by atoms with Crippen LogP contribution in [0.2, 0.25) is 0 Å². The first-order valence-electron chi connectivity index (χ1n) is 8.84. The number of hydrogen-bond donors (Lipinski definition) is 3. The highest BCUT2D eigenvalue weighted by Crippen LogP contribution is 2.63. The molecule has 1 aromatic rings. The second-order valence-electron chi connectivity index (χ2n) is 8.01. The van der Waals surface area contributed by atoms with E-state index in [4.69, 9.17) is 4.52 Å². The molecule has 0 saturated heterocycles. The van der Waals surface area contributed by atoms with Crippen molar-refractivity contribution in [2.75, 3.05) is 0 Å². The topological polar surface area (TPSA) is 87.0 Å². The van der Waals surface area contributed by atoms with Crippen molar-refractivity contribution in [3.63, 3.8) is 0 Å². The molecular weight excluding hydrogens is 327 g/mol. The Bertz CT molecular complexity index is 699. The zero-order valence-electron chi connectivity index (χ0n) is 13.9. The highest BCUT2D eigenvalue weighted by Gasteiger charge is 2.56. The molecule has 132 valence electrons. The van der Waals surface area contributed by atoms with Gasteiger partial charge in [0.2, 0.25) is 0 Å². The lowest BCUT2D eigenvalue weighted by Crippen LogP contribution is -2.44. The number of phenols is 1. The van der Waals surface area contributed by atoms with Gasteiger partial charge in [-0.2, -0.15) is 0 Å². The maximum absolute atomic E-state index is 11.3. The molecule has 0 unspecified atom stereocenters. The number of phosphoric acid groups is 1. The fraction of sp³-hybridized carbons (Fsp3) is 0.667. The van der Waals surface area contributed by atoms with Crippen molar-refractivity contribution in [1.82, 2.24) is 0 Å². The third-order valence-electron chi connectivity index (χ3n) is 6.89. The molecule has 0 heterocycles. The van der Waals surface area contributed by atoms with E-state index in [1.54, 1.807) is 6.07 Å². The Morgan fingerprint density at radius 1 is 1.21 bits per heavy atom. The molecule has 2 saturated carbocycles. The molecule has 1 aromatic carbocycles. The number of benzene rings is 1. The quantitative estimate of drug-likeness (QED) is 0.706. The number of phosphoric ester groups is 1. The van der Waals surface area contributed by atoms with Gasteiger partial charge in [-0.15, -0.1) is 0 Å². The van der Waals surface area contributed by atoms with E-state index in [1.807, 2.05) is 6.07 Å². The molecule has 0 aromatic heterocycles. The zero-order chi connectivity index (χ0) is 17.1. The lowest BCUT2D eigenvalue weighted by atomic mass is 9.55. The highest BCUT2D eigenvalue weighted by molar-refractivity contribution is 7.46. The van der Waals surface area contributed by atoms with Gasteiger partial charge in [-0.25, -0.2) is 4.57 Å². The number of aromatic hydroxyl groups is 1. The van der Waals surface area contributed by atoms with Crippen molar-refractivity contribution in [1.29, 1.82) is 0 Å². The molecular formula is C18H25O5P. The van der Waals surface area contributed by atoms with Crippen LogP contribution >= 0.6 is 7.82 Å². The third kappa shape index (κ3) is 2.62. The number of hydrogen-bond acceptors (Lipinski definition) is 3. The van der Waals surface area contributed by atoms with Crippen LogP contribution in [0.25, 0.3) is 0 Å². The summed E-state index contributed by atoms with van der Waals surface area (Å²) in [5.74, 6) is 1.84. The molecule has 0 amide bonds. The van der Waals surface area contributed by atoms with E-state index in [0.29, 0.717) is 23.5 Å². The minimum absolute atomic E-state index is 0.142. The highest BCUT2D eigenvalue weighted by atomic mass is 31.2. The van der Waals surface area contributed by atoms with Crippen LogP contribution in [-0.4, -0.2) is 21.0 Å². The van der Waals surface area contributed by atoms with Gasteiger partial charge in [-0.1, -0.05) is 13.0 Å². The average Bonchev–Trinajstić information content (AvgIpc) is 2.82. The van der Waals surface area contributed by atoms with Gasteiger partial charge in [0, 0.05) is 0 Å². The molecule has 24 heavy (non-hydrogen) atoms. The van der Waals surface area contributed by atoms with Crippen LogP contribution in [0.4, 0.5) is 0 Å². The molecule has 4 rings (SSSR count). The van der Waals surface area contributed by atoms with Gasteiger partial charge in [0.25, 0.3) is 0 Å². The van der Waals surface area contributed by atoms with E-state index in [9.17, 15) is 19.5 Å². The summed E-state index contributed by atoms with van der Waals surface area (Å²) < 4.78 is 16.5. The summed E-state index contributed by atoms with van der Waals surface area (Å²) in [5.41, 5.74) is 2.49. The maximum Gasteiger partial charge on any atom is 0.469 e. The van der Waals surface area contributed by atoms with Crippen molar-refractivity contribution in [2.24, 2.45) is 17.3 Å². The number of phenolic OH excluding ortho intramolecular Hbond substituents is 1. The van der Waals surface area contributed by atoms with E-state index in [2.05, 4.69) is 13.0 Å². The van der Waals surface area contributed by atoms with Gasteiger partial charge < -0.3 is 14.9 Å². The molecule has 0 radical (unpaired) electrons. The Morgan fingerprint density at radius 2 is 2.00 bits per heavy atom. The number of fused-ring (bicyclic) bond motifs is 5. The Kier molecular flexibility index (Phi) is 3.85. The van der Waals surface area contributed by atoms with E-state index in [-0.39, 0.29) is 11.5 Å². The molecule has 3 N–H and O–H groups in total. The fourth-order valence-electron chi connectivity index (χ4n) is 5.86. The van der Waals surface area contributed by atoms with Gasteiger partial charge in [0.05, 0.1) is 6.10 Å². The van der Waals surface area contributed by atoms with Crippen LogP contribution in [-0.2, 0) is 15.5 Å². The Labute approximate surface area is 142 Å². The summed E-state index contributed by atoms with van der Waals surface area (Å²) >= 11 is 0. The summed E-state index contributed by atoms with van der Waals surface area (Å²) in [4.78, 5) is 18.5. The van der Waals surface area contributed by atoms with Gasteiger partial charge in [0.15, 0.2) is 0 Å². The molecule has 3 aliphatic rings. The molecule has 0 aliphatic heterocycles. The van der Waals surface area contributed by atoms with Crippen molar-refractivity contribution in [2.45, 2.75) is 57.5 Å². The normalized spacial score (nSPS) is 38.3. The van der Waals surface area contributed by atoms with Crippen LogP contribution in [0, 0.1) is 17.3 Å².